The number of aryl methyl sites for hydroxylation is 4. The first-order chi connectivity index (χ1) is 20.9. The Balaban J connectivity index is 0.000000175. The number of pyridine rings is 1. The molecule has 6 rings (SSSR count). The van der Waals surface area contributed by atoms with Crippen molar-refractivity contribution in [1.29, 1.82) is 0 Å². The summed E-state index contributed by atoms with van der Waals surface area (Å²) in [5.41, 5.74) is 11.8. The van der Waals surface area contributed by atoms with Crippen LogP contribution >= 0.6 is 0 Å². The quantitative estimate of drug-likeness (QED) is 0.205. The molecule has 0 fully saturated rings. The third kappa shape index (κ3) is 6.36. The van der Waals surface area contributed by atoms with Crippen LogP contribution in [0.3, 0.4) is 0 Å². The van der Waals surface area contributed by atoms with Crippen molar-refractivity contribution in [3.05, 3.63) is 135 Å². The van der Waals surface area contributed by atoms with Crippen LogP contribution < -0.4 is 0 Å². The molecule has 0 saturated heterocycles. The smallest absolute Gasteiger partial charge is 0.129 e. The van der Waals surface area contributed by atoms with E-state index in [4.69, 9.17) is 4.99 Å². The first-order valence-corrected chi connectivity index (χ1v) is 15.5. The van der Waals surface area contributed by atoms with Crippen LogP contribution in [0.15, 0.2) is 77.9 Å². The SMILES string of the molecule is Cc1cc(-c2nccc3ccc(C(C)C)cc23)cc(C)c1F.Cc1cc(C2=NCCc3ccc(C(C)C)cc32)cc(C)c1F. The fourth-order valence-electron chi connectivity index (χ4n) is 5.95. The molecule has 226 valence electrons. The van der Waals surface area contributed by atoms with Crippen LogP contribution in [0.25, 0.3) is 22.0 Å². The summed E-state index contributed by atoms with van der Waals surface area (Å²) in [5, 5.41) is 2.29. The lowest BCUT2D eigenvalue weighted by molar-refractivity contribution is 0.609. The van der Waals surface area contributed by atoms with E-state index >= 15 is 0 Å². The summed E-state index contributed by atoms with van der Waals surface area (Å²) in [6, 6.07) is 22.8. The van der Waals surface area contributed by atoms with Gasteiger partial charge >= 0.3 is 0 Å². The van der Waals surface area contributed by atoms with Crippen LogP contribution in [-0.2, 0) is 6.42 Å². The van der Waals surface area contributed by atoms with E-state index in [2.05, 4.69) is 69.1 Å². The van der Waals surface area contributed by atoms with Crippen LogP contribution in [0.4, 0.5) is 8.78 Å². The van der Waals surface area contributed by atoms with Crippen molar-refractivity contribution < 1.29 is 8.78 Å². The molecule has 0 amide bonds. The minimum absolute atomic E-state index is 0.115. The van der Waals surface area contributed by atoms with E-state index in [9.17, 15) is 8.78 Å². The lowest BCUT2D eigenvalue weighted by Gasteiger charge is -2.20. The zero-order valence-electron chi connectivity index (χ0n) is 27.1. The highest BCUT2D eigenvalue weighted by molar-refractivity contribution is 6.14. The van der Waals surface area contributed by atoms with E-state index in [1.54, 1.807) is 13.8 Å². The molecule has 1 aliphatic heterocycles. The first kappa shape index (κ1) is 31.3. The second-order valence-corrected chi connectivity index (χ2v) is 12.7. The van der Waals surface area contributed by atoms with Gasteiger partial charge in [-0.2, -0.15) is 0 Å². The molecule has 1 aliphatic rings. The molecule has 0 radical (unpaired) electrons. The lowest BCUT2D eigenvalue weighted by atomic mass is 9.88. The van der Waals surface area contributed by atoms with Crippen molar-refractivity contribution in [2.45, 2.75) is 73.6 Å². The average Bonchev–Trinajstić information content (AvgIpc) is 3.01. The van der Waals surface area contributed by atoms with Crippen molar-refractivity contribution in [2.24, 2.45) is 4.99 Å². The van der Waals surface area contributed by atoms with Gasteiger partial charge in [-0.25, -0.2) is 8.78 Å². The van der Waals surface area contributed by atoms with Crippen molar-refractivity contribution in [3.8, 4) is 11.3 Å². The average molecular weight is 589 g/mol. The van der Waals surface area contributed by atoms with Gasteiger partial charge in [0, 0.05) is 34.8 Å². The van der Waals surface area contributed by atoms with E-state index in [1.807, 2.05) is 50.4 Å². The summed E-state index contributed by atoms with van der Waals surface area (Å²) in [6.45, 7) is 16.8. The number of rotatable bonds is 4. The molecule has 2 heterocycles. The predicted molar refractivity (Wildman–Crippen MR) is 181 cm³/mol. The second-order valence-electron chi connectivity index (χ2n) is 12.7. The second kappa shape index (κ2) is 12.8. The molecule has 0 N–H and O–H groups in total. The summed E-state index contributed by atoms with van der Waals surface area (Å²) in [5.74, 6) is 0.711. The van der Waals surface area contributed by atoms with Crippen molar-refractivity contribution in [1.82, 2.24) is 4.98 Å². The van der Waals surface area contributed by atoms with Crippen molar-refractivity contribution in [2.75, 3.05) is 6.54 Å². The summed E-state index contributed by atoms with van der Waals surface area (Å²) >= 11 is 0. The van der Waals surface area contributed by atoms with Crippen molar-refractivity contribution in [3.63, 3.8) is 0 Å². The van der Waals surface area contributed by atoms with Crippen LogP contribution in [0.1, 0.15) is 89.6 Å². The Labute approximate surface area is 260 Å². The third-order valence-electron chi connectivity index (χ3n) is 8.58. The van der Waals surface area contributed by atoms with Gasteiger partial charge in [0.15, 0.2) is 0 Å². The van der Waals surface area contributed by atoms with Gasteiger partial charge in [0.1, 0.15) is 11.6 Å². The highest BCUT2D eigenvalue weighted by atomic mass is 19.1. The normalized spacial score (nSPS) is 12.7. The zero-order chi connectivity index (χ0) is 31.7. The minimum atomic E-state index is -0.133. The summed E-state index contributed by atoms with van der Waals surface area (Å²) in [4.78, 5) is 9.31. The molecule has 2 nitrogen and oxygen atoms in total. The van der Waals surface area contributed by atoms with E-state index in [1.165, 1.54) is 22.3 Å². The molecular formula is C40H42F2N2. The van der Waals surface area contributed by atoms with Gasteiger partial charge in [-0.1, -0.05) is 52.0 Å². The Kier molecular flexibility index (Phi) is 9.10. The highest BCUT2D eigenvalue weighted by Gasteiger charge is 2.19. The van der Waals surface area contributed by atoms with Gasteiger partial charge < -0.3 is 0 Å². The Morgan fingerprint density at radius 3 is 1.77 bits per heavy atom. The van der Waals surface area contributed by atoms with Crippen LogP contribution in [0.5, 0.6) is 0 Å². The number of aromatic nitrogens is 1. The predicted octanol–water partition coefficient (Wildman–Crippen LogP) is 10.7. The van der Waals surface area contributed by atoms with Gasteiger partial charge in [-0.3, -0.25) is 9.98 Å². The number of hydrogen-bond donors (Lipinski definition) is 0. The van der Waals surface area contributed by atoms with Crippen LogP contribution in [-0.4, -0.2) is 17.2 Å². The maximum atomic E-state index is 13.9. The van der Waals surface area contributed by atoms with E-state index in [0.717, 1.165) is 46.3 Å². The minimum Gasteiger partial charge on any atom is -0.284 e. The Morgan fingerprint density at radius 1 is 0.636 bits per heavy atom. The molecule has 0 aliphatic carbocycles. The monoisotopic (exact) mass is 588 g/mol. The Bertz CT molecular complexity index is 1830. The molecule has 44 heavy (non-hydrogen) atoms. The summed E-state index contributed by atoms with van der Waals surface area (Å²) < 4.78 is 27.8. The molecular weight excluding hydrogens is 546 g/mol. The topological polar surface area (TPSA) is 25.2 Å². The van der Waals surface area contributed by atoms with Gasteiger partial charge in [0.25, 0.3) is 0 Å². The van der Waals surface area contributed by atoms with Gasteiger partial charge in [-0.05, 0) is 133 Å². The molecule has 1 aromatic heterocycles. The van der Waals surface area contributed by atoms with Crippen LogP contribution in [0.2, 0.25) is 0 Å². The highest BCUT2D eigenvalue weighted by Crippen LogP contribution is 2.31. The largest absolute Gasteiger partial charge is 0.284 e. The van der Waals surface area contributed by atoms with Crippen LogP contribution in [0, 0.1) is 39.3 Å². The number of aliphatic imine (C=N–C) groups is 1. The van der Waals surface area contributed by atoms with Gasteiger partial charge in [0.05, 0.1) is 11.4 Å². The molecule has 0 atom stereocenters. The third-order valence-corrected chi connectivity index (χ3v) is 8.58. The Hall–Kier alpha value is -4.18. The fraction of sp³-hybridized carbons (Fsp3) is 0.300. The van der Waals surface area contributed by atoms with E-state index in [0.29, 0.717) is 34.1 Å². The fourth-order valence-corrected chi connectivity index (χ4v) is 5.95. The zero-order valence-corrected chi connectivity index (χ0v) is 27.1. The number of nitrogens with zero attached hydrogens (tertiary/aromatic N) is 2. The summed E-state index contributed by atoms with van der Waals surface area (Å²) in [6.07, 6.45) is 2.80. The van der Waals surface area contributed by atoms with Crippen molar-refractivity contribution >= 4 is 16.5 Å². The maximum Gasteiger partial charge on any atom is 0.129 e. The molecule has 0 unspecified atom stereocenters. The number of fused-ring (bicyclic) bond motifs is 2. The molecule has 0 spiro atoms. The molecule has 4 aromatic carbocycles. The Morgan fingerprint density at radius 2 is 1.18 bits per heavy atom. The number of halogens is 2. The molecule has 5 aromatic rings. The standard InChI is InChI=1S/C20H22FN.C20H20FN/c2*1-12(2)16-6-5-15-7-8-22-20(18(15)11-16)17-9-13(3)19(21)14(4)10-17/h5-6,9-12H,7-8H2,1-4H3;5-12H,1-4H3. The first-order valence-electron chi connectivity index (χ1n) is 15.5. The molecule has 0 saturated carbocycles. The van der Waals surface area contributed by atoms with E-state index in [-0.39, 0.29) is 11.6 Å². The molecule has 0 bridgehead atoms. The molecule has 4 heteroatoms. The summed E-state index contributed by atoms with van der Waals surface area (Å²) in [7, 11) is 0. The van der Waals surface area contributed by atoms with Gasteiger partial charge in [0.2, 0.25) is 0 Å². The lowest BCUT2D eigenvalue weighted by Crippen LogP contribution is -2.15. The maximum absolute atomic E-state index is 13.9. The number of hydrogen-bond acceptors (Lipinski definition) is 2. The number of benzene rings is 4. The van der Waals surface area contributed by atoms with Gasteiger partial charge in [-0.15, -0.1) is 0 Å². The van der Waals surface area contributed by atoms with E-state index < -0.39 is 0 Å².